The Bertz CT molecular complexity index is 856. The van der Waals surface area contributed by atoms with E-state index in [4.69, 9.17) is 16.7 Å². The van der Waals surface area contributed by atoms with Gasteiger partial charge in [-0.25, -0.2) is 13.6 Å². The standard InChI is InChI=1S/C17H19ClN2O3S2/c1-12(14-5-3-7-16(9-14)25(19,22)23)20-17(21)11-24-10-13-4-2-6-15(18)8-13/h2-9,12H,10-11H2,1H3,(H,20,21)(H2,19,22,23). The van der Waals surface area contributed by atoms with E-state index in [0.29, 0.717) is 22.1 Å². The number of nitrogens with two attached hydrogens (primary N) is 1. The van der Waals surface area contributed by atoms with Crippen molar-refractivity contribution in [2.24, 2.45) is 5.14 Å². The first-order valence-corrected chi connectivity index (χ1v) is 10.6. The molecule has 25 heavy (non-hydrogen) atoms. The summed E-state index contributed by atoms with van der Waals surface area (Å²) >= 11 is 7.41. The summed E-state index contributed by atoms with van der Waals surface area (Å²) in [5, 5.41) is 8.65. The van der Waals surface area contributed by atoms with E-state index < -0.39 is 10.0 Å². The largest absolute Gasteiger partial charge is 0.349 e. The summed E-state index contributed by atoms with van der Waals surface area (Å²) in [6.45, 7) is 1.79. The third kappa shape index (κ3) is 6.36. The lowest BCUT2D eigenvalue weighted by Gasteiger charge is -2.15. The summed E-state index contributed by atoms with van der Waals surface area (Å²) in [4.78, 5) is 12.1. The highest BCUT2D eigenvalue weighted by Crippen LogP contribution is 2.18. The molecule has 0 saturated heterocycles. The lowest BCUT2D eigenvalue weighted by molar-refractivity contribution is -0.119. The van der Waals surface area contributed by atoms with Crippen LogP contribution in [0.2, 0.25) is 5.02 Å². The van der Waals surface area contributed by atoms with Crippen LogP contribution in [-0.4, -0.2) is 20.1 Å². The molecule has 2 aromatic rings. The second-order valence-corrected chi connectivity index (χ2v) is 8.51. The van der Waals surface area contributed by atoms with Crippen LogP contribution in [0.5, 0.6) is 0 Å². The van der Waals surface area contributed by atoms with Crippen LogP contribution in [0.15, 0.2) is 53.4 Å². The molecular weight excluding hydrogens is 380 g/mol. The lowest BCUT2D eigenvalue weighted by atomic mass is 10.1. The molecule has 0 radical (unpaired) electrons. The van der Waals surface area contributed by atoms with E-state index in [1.54, 1.807) is 25.1 Å². The molecule has 0 aliphatic heterocycles. The van der Waals surface area contributed by atoms with E-state index in [1.807, 2.05) is 18.2 Å². The number of sulfonamides is 1. The summed E-state index contributed by atoms with van der Waals surface area (Å²) in [6, 6.07) is 13.4. The van der Waals surface area contributed by atoms with Crippen LogP contribution in [0.25, 0.3) is 0 Å². The van der Waals surface area contributed by atoms with Crippen molar-refractivity contribution in [3.63, 3.8) is 0 Å². The summed E-state index contributed by atoms with van der Waals surface area (Å²) < 4.78 is 22.8. The Hall–Kier alpha value is -1.54. The van der Waals surface area contributed by atoms with Gasteiger partial charge in [-0.2, -0.15) is 0 Å². The average molecular weight is 399 g/mol. The maximum atomic E-state index is 12.1. The fraction of sp³-hybridized carbons (Fsp3) is 0.235. The Kier molecular flexibility index (Phi) is 6.89. The number of carbonyl (C=O) groups excluding carboxylic acids is 1. The average Bonchev–Trinajstić information content (AvgIpc) is 2.54. The molecule has 3 N–H and O–H groups in total. The molecule has 0 heterocycles. The van der Waals surface area contributed by atoms with Gasteiger partial charge in [-0.1, -0.05) is 35.9 Å². The second kappa shape index (κ2) is 8.71. The SMILES string of the molecule is CC(NC(=O)CSCc1cccc(Cl)c1)c1cccc(S(N)(=O)=O)c1. The first-order chi connectivity index (χ1) is 11.8. The Labute approximate surface area is 157 Å². The van der Waals surface area contributed by atoms with Crippen LogP contribution < -0.4 is 10.5 Å². The van der Waals surface area contributed by atoms with Crippen molar-refractivity contribution in [1.82, 2.24) is 5.32 Å². The van der Waals surface area contributed by atoms with Gasteiger partial charge in [0.15, 0.2) is 0 Å². The van der Waals surface area contributed by atoms with Gasteiger partial charge in [0.25, 0.3) is 0 Å². The molecule has 1 amide bonds. The number of hydrogen-bond donors (Lipinski definition) is 2. The van der Waals surface area contributed by atoms with Crippen LogP contribution in [0.1, 0.15) is 24.1 Å². The highest BCUT2D eigenvalue weighted by Gasteiger charge is 2.13. The molecule has 1 unspecified atom stereocenters. The van der Waals surface area contributed by atoms with Crippen LogP contribution >= 0.6 is 23.4 Å². The van der Waals surface area contributed by atoms with Gasteiger partial charge >= 0.3 is 0 Å². The number of amides is 1. The highest BCUT2D eigenvalue weighted by molar-refractivity contribution is 7.99. The van der Waals surface area contributed by atoms with Gasteiger partial charge in [-0.15, -0.1) is 11.8 Å². The van der Waals surface area contributed by atoms with E-state index in [-0.39, 0.29) is 16.8 Å². The lowest BCUT2D eigenvalue weighted by Crippen LogP contribution is -2.28. The molecule has 8 heteroatoms. The topological polar surface area (TPSA) is 89.3 Å². The van der Waals surface area contributed by atoms with E-state index >= 15 is 0 Å². The monoisotopic (exact) mass is 398 g/mol. The number of benzene rings is 2. The number of rotatable bonds is 7. The minimum absolute atomic E-state index is 0.0291. The highest BCUT2D eigenvalue weighted by atomic mass is 35.5. The normalized spacial score (nSPS) is 12.6. The molecule has 0 aliphatic rings. The smallest absolute Gasteiger partial charge is 0.238 e. The second-order valence-electron chi connectivity index (χ2n) is 5.53. The van der Waals surface area contributed by atoms with Crippen LogP contribution in [-0.2, 0) is 20.6 Å². The Morgan fingerprint density at radius 2 is 1.96 bits per heavy atom. The van der Waals surface area contributed by atoms with Crippen molar-refractivity contribution in [3.8, 4) is 0 Å². The maximum absolute atomic E-state index is 12.1. The van der Waals surface area contributed by atoms with Gasteiger partial charge in [-0.05, 0) is 42.3 Å². The number of thioether (sulfide) groups is 1. The molecular formula is C17H19ClN2O3S2. The third-order valence-electron chi connectivity index (χ3n) is 3.46. The quantitative estimate of drug-likeness (QED) is 0.749. The molecule has 1 atom stereocenters. The first-order valence-electron chi connectivity index (χ1n) is 7.50. The molecule has 134 valence electrons. The van der Waals surface area contributed by atoms with Gasteiger partial charge in [-0.3, -0.25) is 4.79 Å². The third-order valence-corrected chi connectivity index (χ3v) is 5.60. The molecule has 0 fully saturated rings. The van der Waals surface area contributed by atoms with Crippen molar-refractivity contribution in [2.75, 3.05) is 5.75 Å². The number of hydrogen-bond acceptors (Lipinski definition) is 4. The Balaban J connectivity index is 1.88. The molecule has 5 nitrogen and oxygen atoms in total. The van der Waals surface area contributed by atoms with Gasteiger partial charge in [0.05, 0.1) is 16.7 Å². The zero-order chi connectivity index (χ0) is 18.4. The van der Waals surface area contributed by atoms with E-state index in [2.05, 4.69) is 5.32 Å². The molecule has 0 aliphatic carbocycles. The predicted molar refractivity (Wildman–Crippen MR) is 102 cm³/mol. The summed E-state index contributed by atoms with van der Waals surface area (Å²) in [6.07, 6.45) is 0. The molecule has 0 bridgehead atoms. The van der Waals surface area contributed by atoms with E-state index in [1.165, 1.54) is 23.9 Å². The van der Waals surface area contributed by atoms with Crippen LogP contribution in [0.4, 0.5) is 0 Å². The Morgan fingerprint density at radius 1 is 1.24 bits per heavy atom. The molecule has 0 spiro atoms. The zero-order valence-corrected chi connectivity index (χ0v) is 16.0. The van der Waals surface area contributed by atoms with Gasteiger partial charge < -0.3 is 5.32 Å². The van der Waals surface area contributed by atoms with E-state index in [0.717, 1.165) is 5.56 Å². The number of primary sulfonamides is 1. The maximum Gasteiger partial charge on any atom is 0.238 e. The molecule has 0 saturated carbocycles. The molecule has 2 rings (SSSR count). The van der Waals surface area contributed by atoms with Crippen LogP contribution in [0, 0.1) is 0 Å². The summed E-state index contributed by atoms with van der Waals surface area (Å²) in [7, 11) is -3.76. The van der Waals surface area contributed by atoms with Crippen molar-refractivity contribution in [2.45, 2.75) is 23.6 Å². The fourth-order valence-electron chi connectivity index (χ4n) is 2.22. The van der Waals surface area contributed by atoms with Crippen molar-refractivity contribution in [1.29, 1.82) is 0 Å². The van der Waals surface area contributed by atoms with Crippen molar-refractivity contribution < 1.29 is 13.2 Å². The minimum Gasteiger partial charge on any atom is -0.349 e. The number of carbonyl (C=O) groups is 1. The van der Waals surface area contributed by atoms with Crippen LogP contribution in [0.3, 0.4) is 0 Å². The molecule has 0 aromatic heterocycles. The number of nitrogens with one attached hydrogen (secondary N) is 1. The summed E-state index contributed by atoms with van der Waals surface area (Å²) in [5.41, 5.74) is 1.74. The van der Waals surface area contributed by atoms with Crippen molar-refractivity contribution in [3.05, 3.63) is 64.7 Å². The fourth-order valence-corrected chi connectivity index (χ4v) is 3.78. The number of halogens is 1. The van der Waals surface area contributed by atoms with Crippen molar-refractivity contribution >= 4 is 39.3 Å². The van der Waals surface area contributed by atoms with Gasteiger partial charge in [0, 0.05) is 10.8 Å². The van der Waals surface area contributed by atoms with Gasteiger partial charge in [0.2, 0.25) is 15.9 Å². The zero-order valence-electron chi connectivity index (χ0n) is 13.6. The molecule has 2 aromatic carbocycles. The summed E-state index contributed by atoms with van der Waals surface area (Å²) in [5.74, 6) is 0.857. The Morgan fingerprint density at radius 3 is 2.64 bits per heavy atom. The van der Waals surface area contributed by atoms with E-state index in [9.17, 15) is 13.2 Å². The van der Waals surface area contributed by atoms with Gasteiger partial charge in [0.1, 0.15) is 0 Å². The predicted octanol–water partition coefficient (Wildman–Crippen LogP) is 3.10. The minimum atomic E-state index is -3.76. The first kappa shape index (κ1) is 19.8.